The molecule has 1 saturated heterocycles. The van der Waals surface area contributed by atoms with Gasteiger partial charge in [0.25, 0.3) is 0 Å². The first kappa shape index (κ1) is 14.4. The molecule has 0 radical (unpaired) electrons. The molecule has 0 bridgehead atoms. The van der Waals surface area contributed by atoms with Crippen LogP contribution in [-0.2, 0) is 9.53 Å². The van der Waals surface area contributed by atoms with E-state index in [1.165, 1.54) is 0 Å². The lowest BCUT2D eigenvalue weighted by Crippen LogP contribution is -2.57. The van der Waals surface area contributed by atoms with E-state index >= 15 is 0 Å². The Labute approximate surface area is 103 Å². The monoisotopic (exact) mass is 244 g/mol. The minimum atomic E-state index is 0.0463. The average molecular weight is 244 g/mol. The molecular weight excluding hydrogens is 220 g/mol. The van der Waals surface area contributed by atoms with E-state index in [1.807, 2.05) is 0 Å². The summed E-state index contributed by atoms with van der Waals surface area (Å²) in [5, 5.41) is 2.83. The third-order valence-electron chi connectivity index (χ3n) is 3.05. The summed E-state index contributed by atoms with van der Waals surface area (Å²) in [6, 6.07) is 0.280. The molecule has 17 heavy (non-hydrogen) atoms. The van der Waals surface area contributed by atoms with E-state index in [9.17, 15) is 4.79 Å². The number of nitrogens with zero attached hydrogens (tertiary/aromatic N) is 2. The van der Waals surface area contributed by atoms with Gasteiger partial charge in [-0.05, 0) is 7.05 Å². The second-order valence-corrected chi connectivity index (χ2v) is 4.46. The SMILES string of the molecule is COCCNC(=O)CN1CCN(C)CC1CN. The highest BCUT2D eigenvalue weighted by atomic mass is 16.5. The first-order valence-electron chi connectivity index (χ1n) is 6.05. The zero-order chi connectivity index (χ0) is 12.7. The van der Waals surface area contributed by atoms with Crippen molar-refractivity contribution in [3.05, 3.63) is 0 Å². The van der Waals surface area contributed by atoms with Crippen LogP contribution in [0.1, 0.15) is 0 Å². The lowest BCUT2D eigenvalue weighted by Gasteiger charge is -2.39. The van der Waals surface area contributed by atoms with Crippen LogP contribution in [0.15, 0.2) is 0 Å². The van der Waals surface area contributed by atoms with Crippen molar-refractivity contribution in [2.24, 2.45) is 5.73 Å². The second-order valence-electron chi connectivity index (χ2n) is 4.46. The van der Waals surface area contributed by atoms with E-state index < -0.39 is 0 Å². The van der Waals surface area contributed by atoms with E-state index in [2.05, 4.69) is 22.2 Å². The predicted molar refractivity (Wildman–Crippen MR) is 66.8 cm³/mol. The minimum absolute atomic E-state index is 0.0463. The number of amides is 1. The number of nitrogens with two attached hydrogens (primary N) is 1. The average Bonchev–Trinajstić information content (AvgIpc) is 2.32. The van der Waals surface area contributed by atoms with Crippen LogP contribution in [-0.4, -0.2) is 81.8 Å². The Morgan fingerprint density at radius 3 is 2.94 bits per heavy atom. The van der Waals surface area contributed by atoms with Crippen molar-refractivity contribution >= 4 is 5.91 Å². The molecule has 1 amide bonds. The Morgan fingerprint density at radius 1 is 1.53 bits per heavy atom. The number of carbonyl (C=O) groups is 1. The topological polar surface area (TPSA) is 70.8 Å². The molecule has 100 valence electrons. The molecular formula is C11H24N4O2. The van der Waals surface area contributed by atoms with Crippen LogP contribution in [0.3, 0.4) is 0 Å². The highest BCUT2D eigenvalue weighted by Crippen LogP contribution is 2.06. The molecule has 1 atom stereocenters. The fourth-order valence-corrected chi connectivity index (χ4v) is 2.01. The maximum Gasteiger partial charge on any atom is 0.234 e. The van der Waals surface area contributed by atoms with E-state index in [1.54, 1.807) is 7.11 Å². The van der Waals surface area contributed by atoms with Crippen molar-refractivity contribution in [2.75, 3.05) is 60.0 Å². The number of ether oxygens (including phenoxy) is 1. The van der Waals surface area contributed by atoms with E-state index in [4.69, 9.17) is 10.5 Å². The Kier molecular flexibility index (Phi) is 6.43. The first-order chi connectivity index (χ1) is 8.17. The molecule has 1 heterocycles. The van der Waals surface area contributed by atoms with Crippen LogP contribution < -0.4 is 11.1 Å². The maximum absolute atomic E-state index is 11.7. The zero-order valence-corrected chi connectivity index (χ0v) is 10.8. The summed E-state index contributed by atoms with van der Waals surface area (Å²) in [4.78, 5) is 16.1. The van der Waals surface area contributed by atoms with Gasteiger partial charge in [-0.2, -0.15) is 0 Å². The maximum atomic E-state index is 11.7. The third-order valence-corrected chi connectivity index (χ3v) is 3.05. The lowest BCUT2D eigenvalue weighted by atomic mass is 10.1. The quantitative estimate of drug-likeness (QED) is 0.546. The molecule has 0 saturated carbocycles. The molecule has 1 rings (SSSR count). The number of piperazine rings is 1. The predicted octanol–water partition coefficient (Wildman–Crippen LogP) is -1.68. The Balaban J connectivity index is 2.31. The fourth-order valence-electron chi connectivity index (χ4n) is 2.01. The number of hydrogen-bond donors (Lipinski definition) is 2. The summed E-state index contributed by atoms with van der Waals surface area (Å²) >= 11 is 0. The van der Waals surface area contributed by atoms with Crippen molar-refractivity contribution in [2.45, 2.75) is 6.04 Å². The van der Waals surface area contributed by atoms with Crippen molar-refractivity contribution in [1.29, 1.82) is 0 Å². The molecule has 6 nitrogen and oxygen atoms in total. The van der Waals surface area contributed by atoms with Crippen molar-refractivity contribution in [3.8, 4) is 0 Å². The Hall–Kier alpha value is -0.690. The number of carbonyl (C=O) groups excluding carboxylic acids is 1. The molecule has 1 unspecified atom stereocenters. The van der Waals surface area contributed by atoms with Crippen LogP contribution in [0.4, 0.5) is 0 Å². The van der Waals surface area contributed by atoms with E-state index in [0.29, 0.717) is 26.2 Å². The van der Waals surface area contributed by atoms with Crippen molar-refractivity contribution in [3.63, 3.8) is 0 Å². The molecule has 3 N–H and O–H groups in total. The molecule has 0 aliphatic carbocycles. The van der Waals surface area contributed by atoms with Gasteiger partial charge >= 0.3 is 0 Å². The number of nitrogens with one attached hydrogen (secondary N) is 1. The molecule has 1 aliphatic rings. The molecule has 0 aromatic rings. The van der Waals surface area contributed by atoms with Crippen molar-refractivity contribution < 1.29 is 9.53 Å². The minimum Gasteiger partial charge on any atom is -0.383 e. The van der Waals surface area contributed by atoms with Gasteiger partial charge < -0.3 is 20.7 Å². The van der Waals surface area contributed by atoms with Crippen LogP contribution in [0, 0.1) is 0 Å². The van der Waals surface area contributed by atoms with E-state index in [0.717, 1.165) is 19.6 Å². The van der Waals surface area contributed by atoms with E-state index in [-0.39, 0.29) is 11.9 Å². The summed E-state index contributed by atoms with van der Waals surface area (Å²) in [5.41, 5.74) is 5.73. The van der Waals surface area contributed by atoms with Gasteiger partial charge in [-0.25, -0.2) is 0 Å². The van der Waals surface area contributed by atoms with Crippen LogP contribution >= 0.6 is 0 Å². The number of methoxy groups -OCH3 is 1. The molecule has 6 heteroatoms. The Morgan fingerprint density at radius 2 is 2.29 bits per heavy atom. The lowest BCUT2D eigenvalue weighted by molar-refractivity contribution is -0.123. The highest BCUT2D eigenvalue weighted by molar-refractivity contribution is 5.78. The normalized spacial score (nSPS) is 22.6. The standard InChI is InChI=1S/C11H24N4O2/c1-14-4-5-15(10(7-12)8-14)9-11(16)13-3-6-17-2/h10H,3-9,12H2,1-2H3,(H,13,16). The largest absolute Gasteiger partial charge is 0.383 e. The summed E-state index contributed by atoms with van der Waals surface area (Å²) in [6.07, 6.45) is 0. The van der Waals surface area contributed by atoms with Crippen LogP contribution in [0.2, 0.25) is 0 Å². The molecule has 0 aromatic heterocycles. The number of hydrogen-bond acceptors (Lipinski definition) is 5. The zero-order valence-electron chi connectivity index (χ0n) is 10.8. The molecule has 1 aliphatic heterocycles. The molecule has 0 aromatic carbocycles. The third kappa shape index (κ3) is 4.99. The van der Waals surface area contributed by atoms with Crippen LogP contribution in [0.5, 0.6) is 0 Å². The summed E-state index contributed by atoms with van der Waals surface area (Å²) in [6.45, 7) is 4.96. The van der Waals surface area contributed by atoms with Gasteiger partial charge in [0.1, 0.15) is 0 Å². The highest BCUT2D eigenvalue weighted by Gasteiger charge is 2.25. The van der Waals surface area contributed by atoms with Gasteiger partial charge in [0.05, 0.1) is 13.2 Å². The summed E-state index contributed by atoms with van der Waals surface area (Å²) in [5.74, 6) is 0.0463. The van der Waals surface area contributed by atoms with Gasteiger partial charge in [-0.1, -0.05) is 0 Å². The smallest absolute Gasteiger partial charge is 0.234 e. The van der Waals surface area contributed by atoms with Crippen LogP contribution in [0.25, 0.3) is 0 Å². The molecule has 1 fully saturated rings. The van der Waals surface area contributed by atoms with Gasteiger partial charge in [-0.3, -0.25) is 9.69 Å². The second kappa shape index (κ2) is 7.60. The van der Waals surface area contributed by atoms with Gasteiger partial charge in [0, 0.05) is 45.9 Å². The number of rotatable bonds is 6. The summed E-state index contributed by atoms with van der Waals surface area (Å²) < 4.78 is 4.88. The van der Waals surface area contributed by atoms with Gasteiger partial charge in [-0.15, -0.1) is 0 Å². The molecule has 0 spiro atoms. The fraction of sp³-hybridized carbons (Fsp3) is 0.909. The van der Waals surface area contributed by atoms with Gasteiger partial charge in [0.2, 0.25) is 5.91 Å². The summed E-state index contributed by atoms with van der Waals surface area (Å²) in [7, 11) is 3.70. The first-order valence-corrected chi connectivity index (χ1v) is 6.05. The van der Waals surface area contributed by atoms with Crippen molar-refractivity contribution in [1.82, 2.24) is 15.1 Å². The number of likely N-dealkylation sites (N-methyl/N-ethyl adjacent to an activating group) is 1. The van der Waals surface area contributed by atoms with Gasteiger partial charge in [0.15, 0.2) is 0 Å². The Bertz CT molecular complexity index is 238.